The van der Waals surface area contributed by atoms with E-state index in [1.165, 1.54) is 36.1 Å². The van der Waals surface area contributed by atoms with Crippen LogP contribution in [0.3, 0.4) is 0 Å². The van der Waals surface area contributed by atoms with Crippen molar-refractivity contribution in [3.8, 4) is 0 Å². The Morgan fingerprint density at radius 3 is 2.62 bits per heavy atom. The van der Waals surface area contributed by atoms with Crippen molar-refractivity contribution in [3.05, 3.63) is 21.4 Å². The third-order valence-electron chi connectivity index (χ3n) is 4.76. The number of carbonyl (C=O) groups is 2. The van der Waals surface area contributed by atoms with Crippen LogP contribution in [0.15, 0.2) is 6.07 Å². The minimum atomic E-state index is -0.500. The molecule has 2 heterocycles. The summed E-state index contributed by atoms with van der Waals surface area (Å²) in [4.78, 5) is 28.8. The van der Waals surface area contributed by atoms with Crippen LogP contribution in [0.25, 0.3) is 0 Å². The first-order valence-electron chi connectivity index (χ1n) is 8.94. The highest BCUT2D eigenvalue weighted by atomic mass is 32.1. The predicted molar refractivity (Wildman–Crippen MR) is 94.5 cm³/mol. The van der Waals surface area contributed by atoms with Crippen LogP contribution in [0.2, 0.25) is 0 Å². The van der Waals surface area contributed by atoms with Gasteiger partial charge in [0.05, 0.1) is 18.1 Å². The third kappa shape index (κ3) is 4.16. The fourth-order valence-electron chi connectivity index (χ4n) is 3.34. The van der Waals surface area contributed by atoms with E-state index in [-0.39, 0.29) is 11.8 Å². The molecule has 2 amide bonds. The smallest absolute Gasteiger partial charge is 0.262 e. The minimum Gasteiger partial charge on any atom is -0.378 e. The quantitative estimate of drug-likeness (QED) is 0.911. The number of nitrogens with zero attached hydrogens (tertiary/aromatic N) is 1. The summed E-state index contributed by atoms with van der Waals surface area (Å²) in [7, 11) is 0. The molecule has 2 aliphatic rings. The molecule has 1 aliphatic carbocycles. The summed E-state index contributed by atoms with van der Waals surface area (Å²) >= 11 is 1.60. The molecule has 6 heteroatoms. The maximum atomic E-state index is 12.5. The van der Waals surface area contributed by atoms with Crippen LogP contribution in [0.1, 0.15) is 52.7 Å². The zero-order valence-corrected chi connectivity index (χ0v) is 15.1. The highest BCUT2D eigenvalue weighted by molar-refractivity contribution is 7.14. The molecule has 1 unspecified atom stereocenters. The van der Waals surface area contributed by atoms with Crippen LogP contribution in [-0.4, -0.2) is 49.1 Å². The van der Waals surface area contributed by atoms with Crippen molar-refractivity contribution >= 4 is 23.2 Å². The molecule has 0 radical (unpaired) electrons. The molecule has 1 aromatic heterocycles. The average molecular weight is 350 g/mol. The fourth-order valence-corrected chi connectivity index (χ4v) is 4.50. The van der Waals surface area contributed by atoms with Crippen molar-refractivity contribution in [1.29, 1.82) is 0 Å². The molecule has 0 spiro atoms. The van der Waals surface area contributed by atoms with Crippen LogP contribution in [0.4, 0.5) is 0 Å². The number of amides is 2. The lowest BCUT2D eigenvalue weighted by Gasteiger charge is -2.29. The summed E-state index contributed by atoms with van der Waals surface area (Å²) in [6.07, 6.45) is 7.12. The van der Waals surface area contributed by atoms with Gasteiger partial charge in [0.25, 0.3) is 5.91 Å². The topological polar surface area (TPSA) is 58.6 Å². The summed E-state index contributed by atoms with van der Waals surface area (Å²) in [5, 5.41) is 2.87. The van der Waals surface area contributed by atoms with Gasteiger partial charge in [-0.15, -0.1) is 11.3 Å². The molecule has 1 aliphatic heterocycles. The van der Waals surface area contributed by atoms with Gasteiger partial charge in [0.15, 0.2) is 0 Å². The van der Waals surface area contributed by atoms with Crippen molar-refractivity contribution in [2.45, 2.75) is 51.5 Å². The van der Waals surface area contributed by atoms with E-state index in [4.69, 9.17) is 4.74 Å². The summed E-state index contributed by atoms with van der Waals surface area (Å²) < 4.78 is 5.27. The van der Waals surface area contributed by atoms with E-state index in [2.05, 4.69) is 5.32 Å². The van der Waals surface area contributed by atoms with Crippen molar-refractivity contribution in [2.75, 3.05) is 26.3 Å². The molecule has 1 atom stereocenters. The van der Waals surface area contributed by atoms with E-state index in [1.807, 2.05) is 6.07 Å². The van der Waals surface area contributed by atoms with E-state index in [1.54, 1.807) is 23.2 Å². The fraction of sp³-hybridized carbons (Fsp3) is 0.667. The van der Waals surface area contributed by atoms with Crippen molar-refractivity contribution in [2.24, 2.45) is 0 Å². The Balaban J connectivity index is 1.61. The minimum absolute atomic E-state index is 0.0263. The molecule has 0 aromatic carbocycles. The summed E-state index contributed by atoms with van der Waals surface area (Å²) in [6.45, 7) is 4.12. The number of morpholine rings is 1. The van der Waals surface area contributed by atoms with E-state index in [9.17, 15) is 9.59 Å². The Morgan fingerprint density at radius 2 is 1.88 bits per heavy atom. The lowest BCUT2D eigenvalue weighted by Crippen LogP contribution is -2.50. The van der Waals surface area contributed by atoms with E-state index >= 15 is 0 Å². The maximum absolute atomic E-state index is 12.5. The van der Waals surface area contributed by atoms with Crippen molar-refractivity contribution < 1.29 is 14.3 Å². The molecule has 24 heavy (non-hydrogen) atoms. The van der Waals surface area contributed by atoms with Gasteiger partial charge in [-0.25, -0.2) is 0 Å². The number of ether oxygens (including phenoxy) is 1. The van der Waals surface area contributed by atoms with Crippen molar-refractivity contribution in [3.63, 3.8) is 0 Å². The molecule has 1 aromatic rings. The molecule has 1 saturated heterocycles. The van der Waals surface area contributed by atoms with Crippen LogP contribution >= 0.6 is 11.3 Å². The number of hydrogen-bond acceptors (Lipinski definition) is 4. The number of aryl methyl sites for hydroxylation is 2. The monoisotopic (exact) mass is 350 g/mol. The number of fused-ring (bicyclic) bond motifs is 1. The van der Waals surface area contributed by atoms with Crippen LogP contribution < -0.4 is 5.32 Å². The Kier molecular flexibility index (Phi) is 5.89. The Bertz CT molecular complexity index is 568. The molecular weight excluding hydrogens is 324 g/mol. The number of thiophene rings is 1. The number of rotatable bonds is 3. The van der Waals surface area contributed by atoms with Gasteiger partial charge in [-0.3, -0.25) is 9.59 Å². The first-order chi connectivity index (χ1) is 11.6. The average Bonchev–Trinajstić information content (AvgIpc) is 2.97. The van der Waals surface area contributed by atoms with Crippen molar-refractivity contribution in [1.82, 2.24) is 10.2 Å². The van der Waals surface area contributed by atoms with Gasteiger partial charge in [-0.1, -0.05) is 12.8 Å². The van der Waals surface area contributed by atoms with E-state index in [0.29, 0.717) is 26.3 Å². The second-order valence-corrected chi connectivity index (χ2v) is 7.74. The normalized spacial score (nSPS) is 19.8. The Hall–Kier alpha value is -1.40. The predicted octanol–water partition coefficient (Wildman–Crippen LogP) is 2.38. The standard InChI is InChI=1S/C18H26N2O3S/c1-13(18(22)20-8-10-23-11-9-20)19-17(21)16-12-14-6-4-2-3-5-7-15(14)24-16/h12-13H,2-11H2,1H3,(H,19,21). The SMILES string of the molecule is CC(NC(=O)c1cc2c(s1)CCCCCC2)C(=O)N1CCOCC1. The second-order valence-electron chi connectivity index (χ2n) is 6.61. The van der Waals surface area contributed by atoms with Crippen LogP contribution in [-0.2, 0) is 22.4 Å². The second kappa shape index (κ2) is 8.12. The summed E-state index contributed by atoms with van der Waals surface area (Å²) in [5.41, 5.74) is 1.33. The summed E-state index contributed by atoms with van der Waals surface area (Å²) in [5.74, 6) is -0.151. The number of hydrogen-bond donors (Lipinski definition) is 1. The Morgan fingerprint density at radius 1 is 1.17 bits per heavy atom. The van der Waals surface area contributed by atoms with Gasteiger partial charge < -0.3 is 15.0 Å². The molecule has 1 N–H and O–H groups in total. The molecule has 5 nitrogen and oxygen atoms in total. The lowest BCUT2D eigenvalue weighted by atomic mass is 10.00. The van der Waals surface area contributed by atoms with E-state index < -0.39 is 6.04 Å². The third-order valence-corrected chi connectivity index (χ3v) is 6.00. The number of nitrogens with one attached hydrogen (secondary N) is 1. The van der Waals surface area contributed by atoms with Gasteiger partial charge >= 0.3 is 0 Å². The van der Waals surface area contributed by atoms with Gasteiger partial charge in [0.1, 0.15) is 6.04 Å². The maximum Gasteiger partial charge on any atom is 0.262 e. The Labute approximate surface area is 147 Å². The zero-order chi connectivity index (χ0) is 16.9. The lowest BCUT2D eigenvalue weighted by molar-refractivity contribution is -0.136. The van der Waals surface area contributed by atoms with Gasteiger partial charge in [-0.05, 0) is 44.2 Å². The first kappa shape index (κ1) is 17.4. The number of carbonyl (C=O) groups excluding carboxylic acids is 2. The summed E-state index contributed by atoms with van der Waals surface area (Å²) in [6, 6.07) is 1.53. The highest BCUT2D eigenvalue weighted by Crippen LogP contribution is 2.28. The zero-order valence-electron chi connectivity index (χ0n) is 14.3. The van der Waals surface area contributed by atoms with E-state index in [0.717, 1.165) is 17.7 Å². The van der Waals surface area contributed by atoms with Crippen LogP contribution in [0, 0.1) is 0 Å². The molecule has 0 bridgehead atoms. The molecule has 0 saturated carbocycles. The van der Waals surface area contributed by atoms with Gasteiger partial charge in [0.2, 0.25) is 5.91 Å². The molecule has 1 fully saturated rings. The van der Waals surface area contributed by atoms with Gasteiger partial charge in [-0.2, -0.15) is 0 Å². The molecular formula is C18H26N2O3S. The molecule has 3 rings (SSSR count). The van der Waals surface area contributed by atoms with Gasteiger partial charge in [0, 0.05) is 18.0 Å². The first-order valence-corrected chi connectivity index (χ1v) is 9.76. The van der Waals surface area contributed by atoms with Crippen LogP contribution in [0.5, 0.6) is 0 Å². The largest absolute Gasteiger partial charge is 0.378 e. The molecule has 132 valence electrons. The highest BCUT2D eigenvalue weighted by Gasteiger charge is 2.25.